The number of hydrogen-bond acceptors (Lipinski definition) is 5. The number of likely N-dealkylation sites (tertiary alicyclic amines) is 1. The van der Waals surface area contributed by atoms with Gasteiger partial charge in [0.05, 0.1) is 24.6 Å². The van der Waals surface area contributed by atoms with Gasteiger partial charge >= 0.3 is 0 Å². The van der Waals surface area contributed by atoms with Crippen LogP contribution in [0.5, 0.6) is 5.88 Å². The van der Waals surface area contributed by atoms with E-state index in [0.29, 0.717) is 13.1 Å². The highest BCUT2D eigenvalue weighted by molar-refractivity contribution is 6.33. The van der Waals surface area contributed by atoms with Gasteiger partial charge in [0.2, 0.25) is 5.88 Å². The second-order valence-corrected chi connectivity index (χ2v) is 7.26. The Hall–Kier alpha value is -3.51. The van der Waals surface area contributed by atoms with Crippen LogP contribution in [-0.2, 0) is 0 Å². The average molecular weight is 444 g/mol. The van der Waals surface area contributed by atoms with E-state index in [0.717, 1.165) is 25.0 Å². The van der Waals surface area contributed by atoms with Gasteiger partial charge in [-0.05, 0) is 31.0 Å². The van der Waals surface area contributed by atoms with Crippen LogP contribution in [0.4, 0.5) is 8.78 Å². The molecule has 0 bridgehead atoms. The monoisotopic (exact) mass is 443 g/mol. The summed E-state index contributed by atoms with van der Waals surface area (Å²) >= 11 is 6.54. The Labute approximate surface area is 181 Å². The number of hydrogen-bond donors (Lipinski definition) is 0. The second kappa shape index (κ2) is 8.32. The standard InChI is InChI=1S/C21H16ClF2N5O2/c1-31-20-16(24)9-14(11-26-20)29-18(22)17(21(30)28-6-2-3-7-28)27-19(29)12-4-5-13(10-25)15(23)8-12/h4-5,8-9,11H,2-3,6-7H2,1H3. The van der Waals surface area contributed by atoms with E-state index in [1.807, 2.05) is 0 Å². The maximum Gasteiger partial charge on any atom is 0.275 e. The van der Waals surface area contributed by atoms with Gasteiger partial charge < -0.3 is 9.64 Å². The summed E-state index contributed by atoms with van der Waals surface area (Å²) in [5.41, 5.74) is 0.268. The number of aromatic nitrogens is 3. The van der Waals surface area contributed by atoms with Crippen LogP contribution in [0.2, 0.25) is 5.15 Å². The molecule has 158 valence electrons. The van der Waals surface area contributed by atoms with Crippen LogP contribution < -0.4 is 4.74 Å². The zero-order chi connectivity index (χ0) is 22.1. The Morgan fingerprint density at radius 1 is 1.23 bits per heavy atom. The van der Waals surface area contributed by atoms with Crippen molar-refractivity contribution < 1.29 is 18.3 Å². The van der Waals surface area contributed by atoms with E-state index in [4.69, 9.17) is 21.6 Å². The van der Waals surface area contributed by atoms with Gasteiger partial charge in [0, 0.05) is 24.7 Å². The van der Waals surface area contributed by atoms with Crippen LogP contribution in [0.1, 0.15) is 28.9 Å². The first-order chi connectivity index (χ1) is 14.9. The molecule has 0 N–H and O–H groups in total. The number of imidazole rings is 1. The fourth-order valence-corrected chi connectivity index (χ4v) is 3.77. The first kappa shape index (κ1) is 20.8. The second-order valence-electron chi connectivity index (χ2n) is 6.90. The number of nitrogens with zero attached hydrogens (tertiary/aromatic N) is 5. The summed E-state index contributed by atoms with van der Waals surface area (Å²) in [6.07, 6.45) is 3.07. The van der Waals surface area contributed by atoms with Crippen molar-refractivity contribution in [1.82, 2.24) is 19.4 Å². The van der Waals surface area contributed by atoms with Crippen LogP contribution in [0.15, 0.2) is 30.5 Å². The number of carbonyl (C=O) groups excluding carboxylic acids is 1. The van der Waals surface area contributed by atoms with Crippen LogP contribution in [-0.4, -0.2) is 45.5 Å². The summed E-state index contributed by atoms with van der Waals surface area (Å²) in [6, 6.07) is 6.78. The summed E-state index contributed by atoms with van der Waals surface area (Å²) in [5, 5.41) is 8.94. The van der Waals surface area contributed by atoms with E-state index in [9.17, 15) is 13.6 Å². The maximum atomic E-state index is 14.3. The van der Waals surface area contributed by atoms with Crippen LogP contribution >= 0.6 is 11.6 Å². The van der Waals surface area contributed by atoms with Gasteiger partial charge in [-0.15, -0.1) is 0 Å². The molecule has 1 fully saturated rings. The minimum atomic E-state index is -0.753. The van der Waals surface area contributed by atoms with Gasteiger partial charge in [0.1, 0.15) is 22.9 Å². The quantitative estimate of drug-likeness (QED) is 0.609. The molecule has 7 nitrogen and oxygen atoms in total. The van der Waals surface area contributed by atoms with Gasteiger partial charge in [0.25, 0.3) is 5.91 Å². The molecule has 31 heavy (non-hydrogen) atoms. The number of pyridine rings is 1. The lowest BCUT2D eigenvalue weighted by molar-refractivity contribution is 0.0788. The van der Waals surface area contributed by atoms with E-state index in [2.05, 4.69) is 9.97 Å². The van der Waals surface area contributed by atoms with Crippen molar-refractivity contribution in [2.75, 3.05) is 20.2 Å². The highest BCUT2D eigenvalue weighted by Gasteiger charge is 2.29. The third-order valence-electron chi connectivity index (χ3n) is 5.01. The van der Waals surface area contributed by atoms with Gasteiger partial charge in [-0.3, -0.25) is 9.36 Å². The summed E-state index contributed by atoms with van der Waals surface area (Å²) < 4.78 is 34.8. The third kappa shape index (κ3) is 3.70. The topological polar surface area (TPSA) is 84.0 Å². The zero-order valence-electron chi connectivity index (χ0n) is 16.4. The van der Waals surface area contributed by atoms with E-state index in [-0.39, 0.29) is 45.3 Å². The lowest BCUT2D eigenvalue weighted by atomic mass is 10.1. The molecule has 1 amide bonds. The Morgan fingerprint density at radius 3 is 2.58 bits per heavy atom. The normalized spacial score (nSPS) is 13.3. The molecule has 1 aliphatic heterocycles. The number of amides is 1. The molecule has 1 aromatic carbocycles. The smallest absolute Gasteiger partial charge is 0.275 e. The number of benzene rings is 1. The van der Waals surface area contributed by atoms with Crippen molar-refractivity contribution in [3.63, 3.8) is 0 Å². The molecule has 10 heteroatoms. The number of ether oxygens (including phenoxy) is 1. The minimum absolute atomic E-state index is 0.0282. The summed E-state index contributed by atoms with van der Waals surface area (Å²) in [7, 11) is 1.28. The molecule has 2 aromatic heterocycles. The number of halogens is 3. The molecule has 0 atom stereocenters. The molecule has 3 aromatic rings. The van der Waals surface area contributed by atoms with Crippen LogP contribution in [0, 0.1) is 23.0 Å². The largest absolute Gasteiger partial charge is 0.479 e. The lowest BCUT2D eigenvalue weighted by Gasteiger charge is -2.13. The van der Waals surface area contributed by atoms with Crippen molar-refractivity contribution in [3.8, 4) is 29.0 Å². The molecule has 1 aliphatic rings. The van der Waals surface area contributed by atoms with Crippen LogP contribution in [0.25, 0.3) is 17.1 Å². The Kier molecular flexibility index (Phi) is 5.57. The molecule has 1 saturated heterocycles. The molecular weight excluding hydrogens is 428 g/mol. The number of carbonyl (C=O) groups is 1. The van der Waals surface area contributed by atoms with E-state index >= 15 is 0 Å². The van der Waals surface area contributed by atoms with Crippen molar-refractivity contribution in [2.24, 2.45) is 0 Å². The zero-order valence-corrected chi connectivity index (χ0v) is 17.2. The molecule has 4 rings (SSSR count). The number of rotatable bonds is 4. The molecule has 0 saturated carbocycles. The molecule has 0 spiro atoms. The van der Waals surface area contributed by atoms with Gasteiger partial charge in [0.15, 0.2) is 11.5 Å². The number of nitriles is 1. The minimum Gasteiger partial charge on any atom is -0.479 e. The van der Waals surface area contributed by atoms with E-state index in [1.165, 1.54) is 30.0 Å². The maximum absolute atomic E-state index is 14.3. The summed E-state index contributed by atoms with van der Waals surface area (Å²) in [4.78, 5) is 22.9. The Bertz CT molecular complexity index is 1220. The molecule has 0 radical (unpaired) electrons. The predicted molar refractivity (Wildman–Crippen MR) is 108 cm³/mol. The predicted octanol–water partition coefficient (Wildman–Crippen LogP) is 3.98. The highest BCUT2D eigenvalue weighted by Crippen LogP contribution is 2.32. The SMILES string of the molecule is COc1ncc(-n2c(-c3ccc(C#N)c(F)c3)nc(C(=O)N3CCCC3)c2Cl)cc1F. The lowest BCUT2D eigenvalue weighted by Crippen LogP contribution is -2.28. The van der Waals surface area contributed by atoms with Crippen LogP contribution in [0.3, 0.4) is 0 Å². The van der Waals surface area contributed by atoms with E-state index in [1.54, 1.807) is 11.0 Å². The first-order valence-corrected chi connectivity index (χ1v) is 9.79. The van der Waals surface area contributed by atoms with Crippen molar-refractivity contribution in [2.45, 2.75) is 12.8 Å². The van der Waals surface area contributed by atoms with E-state index < -0.39 is 11.6 Å². The summed E-state index contributed by atoms with van der Waals surface area (Å²) in [5.74, 6) is -1.95. The highest BCUT2D eigenvalue weighted by atomic mass is 35.5. The van der Waals surface area contributed by atoms with Gasteiger partial charge in [-0.1, -0.05) is 11.6 Å². The third-order valence-corrected chi connectivity index (χ3v) is 5.36. The Balaban J connectivity index is 1.91. The molecule has 0 aliphatic carbocycles. The van der Waals surface area contributed by atoms with Crippen molar-refractivity contribution >= 4 is 17.5 Å². The average Bonchev–Trinajstić information content (AvgIpc) is 3.41. The fourth-order valence-electron chi connectivity index (χ4n) is 3.47. The number of methoxy groups -OCH3 is 1. The fraction of sp³-hybridized carbons (Fsp3) is 0.238. The summed E-state index contributed by atoms with van der Waals surface area (Å²) in [6.45, 7) is 1.17. The molecule has 0 unspecified atom stereocenters. The molecule has 3 heterocycles. The first-order valence-electron chi connectivity index (χ1n) is 9.42. The molecular formula is C21H16ClF2N5O2. The van der Waals surface area contributed by atoms with Gasteiger partial charge in [-0.25, -0.2) is 18.7 Å². The Morgan fingerprint density at radius 2 is 1.97 bits per heavy atom. The van der Waals surface area contributed by atoms with Crippen molar-refractivity contribution in [3.05, 3.63) is 58.5 Å². The van der Waals surface area contributed by atoms with Gasteiger partial charge in [-0.2, -0.15) is 5.26 Å². The van der Waals surface area contributed by atoms with Crippen molar-refractivity contribution in [1.29, 1.82) is 5.26 Å².